The first-order valence-corrected chi connectivity index (χ1v) is 27.3. The molecule has 13 heteroatoms. The van der Waals surface area contributed by atoms with Crippen LogP contribution in [0.1, 0.15) is 213 Å². The summed E-state index contributed by atoms with van der Waals surface area (Å²) >= 11 is 0. The Morgan fingerprint density at radius 2 is 0.697 bits per heavy atom. The van der Waals surface area contributed by atoms with Crippen molar-refractivity contribution in [3.8, 4) is 0 Å². The van der Waals surface area contributed by atoms with Crippen molar-refractivity contribution in [3.63, 3.8) is 0 Å². The third-order valence-corrected chi connectivity index (χ3v) is 15.1. The maximum Gasteiger partial charge on any atom is 0.306 e. The average molecular weight is 933 g/mol. The second-order valence-electron chi connectivity index (χ2n) is 20.9. The molecule has 15 unspecified atom stereocenters. The first-order valence-electron chi connectivity index (χ1n) is 27.3. The van der Waals surface area contributed by atoms with Gasteiger partial charge in [0.05, 0.1) is 85.5 Å². The quantitative estimate of drug-likeness (QED) is 0.0246. The normalized spacial score (nSPS) is 33.5. The fourth-order valence-corrected chi connectivity index (χ4v) is 10.2. The number of epoxide rings is 7. The van der Waals surface area contributed by atoms with Gasteiger partial charge in [0.25, 0.3) is 0 Å². The van der Waals surface area contributed by atoms with Gasteiger partial charge in [0, 0.05) is 44.9 Å². The van der Waals surface area contributed by atoms with E-state index in [-0.39, 0.29) is 55.9 Å². The number of ether oxygens (including phenoxy) is 10. The Morgan fingerprint density at radius 3 is 1.15 bits per heavy atom. The third-order valence-electron chi connectivity index (χ3n) is 15.1. The predicted octanol–water partition coefficient (Wildman–Crippen LogP) is 10.1. The maximum absolute atomic E-state index is 12.9. The Balaban J connectivity index is 0.694. The van der Waals surface area contributed by atoms with Crippen molar-refractivity contribution in [2.45, 2.75) is 305 Å². The second kappa shape index (κ2) is 27.5. The smallest absolute Gasteiger partial charge is 0.306 e. The van der Waals surface area contributed by atoms with Crippen molar-refractivity contribution >= 4 is 17.9 Å². The van der Waals surface area contributed by atoms with E-state index < -0.39 is 6.10 Å². The molecule has 0 radical (unpaired) electrons. The SMILES string of the molecule is CCCCCCCCC1OC1CCCCCCCC(=O)OCC(COC(=O)CCCCCCCC1OC1CC1OC1CC1OC1CC)OC(=O)CCCCC1OC1CC1OC1CC1OC1C. The van der Waals surface area contributed by atoms with E-state index in [1.807, 2.05) is 0 Å². The Morgan fingerprint density at radius 1 is 0.379 bits per heavy atom. The molecule has 0 aromatic heterocycles. The van der Waals surface area contributed by atoms with Gasteiger partial charge in [0.2, 0.25) is 0 Å². The van der Waals surface area contributed by atoms with Crippen LogP contribution >= 0.6 is 0 Å². The summed E-state index contributed by atoms with van der Waals surface area (Å²) in [5.41, 5.74) is 0. The molecule has 7 saturated heterocycles. The number of hydrogen-bond acceptors (Lipinski definition) is 13. The van der Waals surface area contributed by atoms with Crippen LogP contribution in [0, 0.1) is 0 Å². The highest BCUT2D eigenvalue weighted by Crippen LogP contribution is 2.43. The topological polar surface area (TPSA) is 167 Å². The van der Waals surface area contributed by atoms with Gasteiger partial charge < -0.3 is 47.4 Å². The van der Waals surface area contributed by atoms with E-state index in [2.05, 4.69) is 20.8 Å². The molecular weight excluding hydrogens is 845 g/mol. The number of carbonyl (C=O) groups excluding carboxylic acids is 3. The van der Waals surface area contributed by atoms with Crippen LogP contribution in [0.4, 0.5) is 0 Å². The van der Waals surface area contributed by atoms with Crippen LogP contribution < -0.4 is 0 Å². The molecule has 7 fully saturated rings. The van der Waals surface area contributed by atoms with Gasteiger partial charge in [0.1, 0.15) is 13.2 Å². The molecule has 0 bridgehead atoms. The number of esters is 3. The molecule has 0 aromatic carbocycles. The number of carbonyl (C=O) groups is 3. The molecule has 0 N–H and O–H groups in total. The summed E-state index contributed by atoms with van der Waals surface area (Å²) in [5.74, 6) is -1.02. The summed E-state index contributed by atoms with van der Waals surface area (Å²) in [6.45, 7) is 6.28. The van der Waals surface area contributed by atoms with Gasteiger partial charge in [-0.1, -0.05) is 110 Å². The molecule has 66 heavy (non-hydrogen) atoms. The Labute approximate surface area is 396 Å². The lowest BCUT2D eigenvalue weighted by Crippen LogP contribution is -2.30. The first-order chi connectivity index (χ1) is 32.3. The fourth-order valence-electron chi connectivity index (χ4n) is 10.2. The van der Waals surface area contributed by atoms with Crippen LogP contribution in [-0.2, 0) is 61.8 Å². The fraction of sp³-hybridized carbons (Fsp3) is 0.943. The van der Waals surface area contributed by atoms with Crippen molar-refractivity contribution < 1.29 is 61.8 Å². The van der Waals surface area contributed by atoms with Crippen molar-refractivity contribution in [1.82, 2.24) is 0 Å². The molecular formula is C53H88O13. The van der Waals surface area contributed by atoms with Crippen LogP contribution in [0.25, 0.3) is 0 Å². The van der Waals surface area contributed by atoms with Crippen LogP contribution in [0.15, 0.2) is 0 Å². The summed E-state index contributed by atoms with van der Waals surface area (Å²) in [4.78, 5) is 38.3. The number of rotatable bonds is 42. The second-order valence-corrected chi connectivity index (χ2v) is 20.9. The highest BCUT2D eigenvalue weighted by atomic mass is 16.6. The minimum Gasteiger partial charge on any atom is -0.462 e. The Hall–Kier alpha value is -1.87. The van der Waals surface area contributed by atoms with Crippen LogP contribution in [0.5, 0.6) is 0 Å². The lowest BCUT2D eigenvalue weighted by Gasteiger charge is -2.18. The number of unbranched alkanes of at least 4 members (excludes halogenated alkanes) is 14. The molecule has 7 rings (SSSR count). The lowest BCUT2D eigenvalue weighted by molar-refractivity contribution is -0.167. The molecule has 15 atom stereocenters. The summed E-state index contributed by atoms with van der Waals surface area (Å²) in [6.07, 6.45) is 34.0. The minimum atomic E-state index is -0.835. The highest BCUT2D eigenvalue weighted by Gasteiger charge is 2.52. The zero-order valence-electron chi connectivity index (χ0n) is 41.1. The zero-order valence-corrected chi connectivity index (χ0v) is 41.1. The van der Waals surface area contributed by atoms with E-state index in [0.717, 1.165) is 116 Å². The van der Waals surface area contributed by atoms with Crippen LogP contribution in [-0.4, -0.2) is 123 Å². The summed E-state index contributed by atoms with van der Waals surface area (Å²) in [6, 6.07) is 0. The molecule has 7 aliphatic heterocycles. The van der Waals surface area contributed by atoms with Gasteiger partial charge in [0.15, 0.2) is 6.10 Å². The van der Waals surface area contributed by atoms with Gasteiger partial charge >= 0.3 is 17.9 Å². The summed E-state index contributed by atoms with van der Waals surface area (Å²) < 4.78 is 57.4. The molecule has 0 saturated carbocycles. The van der Waals surface area contributed by atoms with E-state index in [1.54, 1.807) is 0 Å². The predicted molar refractivity (Wildman–Crippen MR) is 248 cm³/mol. The van der Waals surface area contributed by atoms with Crippen molar-refractivity contribution in [2.24, 2.45) is 0 Å². The zero-order chi connectivity index (χ0) is 46.1. The Kier molecular flexibility index (Phi) is 21.7. The Bertz CT molecular complexity index is 1450. The highest BCUT2D eigenvalue weighted by molar-refractivity contribution is 5.71. The van der Waals surface area contributed by atoms with Crippen LogP contribution in [0.2, 0.25) is 0 Å². The van der Waals surface area contributed by atoms with Crippen LogP contribution in [0.3, 0.4) is 0 Å². The van der Waals surface area contributed by atoms with Gasteiger partial charge in [-0.15, -0.1) is 0 Å². The summed E-state index contributed by atoms with van der Waals surface area (Å²) in [5, 5.41) is 0. The van der Waals surface area contributed by atoms with Crippen molar-refractivity contribution in [2.75, 3.05) is 13.2 Å². The van der Waals surface area contributed by atoms with Gasteiger partial charge in [-0.2, -0.15) is 0 Å². The van der Waals surface area contributed by atoms with E-state index in [1.165, 1.54) is 51.4 Å². The molecule has 7 heterocycles. The average Bonchev–Trinajstić information content (AvgIpc) is 4.07. The molecule has 7 aliphatic rings. The van der Waals surface area contributed by atoms with E-state index in [4.69, 9.17) is 47.4 Å². The molecule has 0 spiro atoms. The van der Waals surface area contributed by atoms with Gasteiger partial charge in [-0.05, 0) is 58.3 Å². The lowest BCUT2D eigenvalue weighted by atomic mass is 10.0. The largest absolute Gasteiger partial charge is 0.462 e. The maximum atomic E-state index is 12.9. The summed E-state index contributed by atoms with van der Waals surface area (Å²) in [7, 11) is 0. The van der Waals surface area contributed by atoms with Crippen molar-refractivity contribution in [1.29, 1.82) is 0 Å². The first kappa shape index (κ1) is 52.0. The molecule has 0 aromatic rings. The van der Waals surface area contributed by atoms with Gasteiger partial charge in [-0.25, -0.2) is 0 Å². The molecule has 0 amide bonds. The van der Waals surface area contributed by atoms with Crippen molar-refractivity contribution in [3.05, 3.63) is 0 Å². The molecule has 0 aliphatic carbocycles. The van der Waals surface area contributed by atoms with E-state index in [9.17, 15) is 14.4 Å². The third kappa shape index (κ3) is 20.2. The number of hydrogen-bond donors (Lipinski definition) is 0. The molecule has 13 nitrogen and oxygen atoms in total. The molecule has 378 valence electrons. The van der Waals surface area contributed by atoms with E-state index in [0.29, 0.717) is 86.4 Å². The van der Waals surface area contributed by atoms with Gasteiger partial charge in [-0.3, -0.25) is 14.4 Å². The minimum absolute atomic E-state index is 0.124. The monoisotopic (exact) mass is 933 g/mol. The van der Waals surface area contributed by atoms with E-state index >= 15 is 0 Å². The standard InChI is InChI=1S/C53H88O13/c1-4-6-7-8-11-16-23-39-40(62-39)24-17-12-9-14-19-27-51(54)57-34-37(60-53(56)29-22-21-26-42-46(64-42)32-49-47(65-49)30-43-36(3)59-43)35-58-52(55)28-20-15-10-13-18-25-41-45(63-41)33-50-48(66-50)31-44-38(5-2)61-44/h36-50H,4-35H2,1-3H3.